The largest absolute Gasteiger partial charge is 0.480 e. The summed E-state index contributed by atoms with van der Waals surface area (Å²) >= 11 is 1.60. The third-order valence-corrected chi connectivity index (χ3v) is 4.17. The molecule has 0 atom stereocenters. The fraction of sp³-hybridized carbons (Fsp3) is 0.429. The number of hydrogen-bond donors (Lipinski definition) is 1. The van der Waals surface area contributed by atoms with Gasteiger partial charge in [-0.3, -0.25) is 9.69 Å². The smallest absolute Gasteiger partial charge is 0.317 e. The SMILES string of the molecule is O=C(O)CN(Cc1cc(-c2cccs2)on1)CC1CC1. The van der Waals surface area contributed by atoms with Crippen LogP contribution in [0.2, 0.25) is 0 Å². The van der Waals surface area contributed by atoms with E-state index in [-0.39, 0.29) is 6.54 Å². The lowest BCUT2D eigenvalue weighted by Gasteiger charge is -2.18. The number of nitrogens with zero attached hydrogens (tertiary/aromatic N) is 2. The van der Waals surface area contributed by atoms with Gasteiger partial charge in [-0.05, 0) is 30.2 Å². The van der Waals surface area contributed by atoms with Crippen LogP contribution < -0.4 is 0 Å². The molecule has 20 heavy (non-hydrogen) atoms. The fourth-order valence-electron chi connectivity index (χ4n) is 2.19. The second-order valence-corrected chi connectivity index (χ2v) is 6.11. The zero-order valence-corrected chi connectivity index (χ0v) is 11.8. The average molecular weight is 292 g/mol. The maximum atomic E-state index is 10.9. The zero-order valence-electron chi connectivity index (χ0n) is 11.0. The summed E-state index contributed by atoms with van der Waals surface area (Å²) in [6, 6.07) is 5.84. The molecule has 0 amide bonds. The minimum atomic E-state index is -0.798. The van der Waals surface area contributed by atoms with E-state index in [0.717, 1.165) is 22.9 Å². The second kappa shape index (κ2) is 5.76. The first-order valence-corrected chi connectivity index (χ1v) is 7.52. The summed E-state index contributed by atoms with van der Waals surface area (Å²) < 4.78 is 5.32. The Morgan fingerprint density at radius 2 is 2.40 bits per heavy atom. The van der Waals surface area contributed by atoms with E-state index in [9.17, 15) is 4.79 Å². The first-order valence-electron chi connectivity index (χ1n) is 6.64. The molecular formula is C14H16N2O3S. The minimum Gasteiger partial charge on any atom is -0.480 e. The Hall–Kier alpha value is -1.66. The monoisotopic (exact) mass is 292 g/mol. The summed E-state index contributed by atoms with van der Waals surface area (Å²) in [6.45, 7) is 1.41. The van der Waals surface area contributed by atoms with Gasteiger partial charge in [-0.25, -0.2) is 0 Å². The van der Waals surface area contributed by atoms with Crippen molar-refractivity contribution < 1.29 is 14.4 Å². The highest BCUT2D eigenvalue weighted by Gasteiger charge is 2.25. The molecular weight excluding hydrogens is 276 g/mol. The van der Waals surface area contributed by atoms with Crippen molar-refractivity contribution in [3.63, 3.8) is 0 Å². The standard InChI is InChI=1S/C14H16N2O3S/c17-14(18)9-16(7-10-3-4-10)8-11-6-12(19-15-11)13-2-1-5-20-13/h1-2,5-6,10H,3-4,7-9H2,(H,17,18). The predicted molar refractivity (Wildman–Crippen MR) is 75.5 cm³/mol. The van der Waals surface area contributed by atoms with Crippen molar-refractivity contribution in [1.29, 1.82) is 0 Å². The van der Waals surface area contributed by atoms with Crippen molar-refractivity contribution in [3.05, 3.63) is 29.3 Å². The van der Waals surface area contributed by atoms with Gasteiger partial charge in [0.1, 0.15) is 0 Å². The highest BCUT2D eigenvalue weighted by atomic mass is 32.1. The molecule has 6 heteroatoms. The van der Waals surface area contributed by atoms with Crippen LogP contribution in [0.1, 0.15) is 18.5 Å². The van der Waals surface area contributed by atoms with E-state index in [1.165, 1.54) is 12.8 Å². The first-order chi connectivity index (χ1) is 9.70. The van der Waals surface area contributed by atoms with Crippen molar-refractivity contribution in [2.24, 2.45) is 5.92 Å². The van der Waals surface area contributed by atoms with Crippen LogP contribution in [0.25, 0.3) is 10.6 Å². The van der Waals surface area contributed by atoms with Crippen LogP contribution in [0, 0.1) is 5.92 Å². The average Bonchev–Trinajstić information content (AvgIpc) is 2.91. The molecule has 0 radical (unpaired) electrons. The molecule has 2 aromatic heterocycles. The van der Waals surface area contributed by atoms with Crippen LogP contribution in [0.3, 0.4) is 0 Å². The first kappa shape index (κ1) is 13.3. The number of carbonyl (C=O) groups is 1. The summed E-state index contributed by atoms with van der Waals surface area (Å²) in [5.41, 5.74) is 0.787. The Labute approximate surface area is 120 Å². The van der Waals surface area contributed by atoms with Gasteiger partial charge in [0, 0.05) is 19.2 Å². The Bertz CT molecular complexity index is 575. The Morgan fingerprint density at radius 1 is 1.55 bits per heavy atom. The maximum absolute atomic E-state index is 10.9. The molecule has 1 N–H and O–H groups in total. The molecule has 2 heterocycles. The Balaban J connectivity index is 1.66. The Kier molecular flexibility index (Phi) is 3.84. The lowest BCUT2D eigenvalue weighted by molar-refractivity contribution is -0.138. The zero-order chi connectivity index (χ0) is 13.9. The van der Waals surface area contributed by atoms with Crippen molar-refractivity contribution in [3.8, 4) is 10.6 Å². The van der Waals surface area contributed by atoms with E-state index in [1.807, 2.05) is 28.5 Å². The normalized spacial score (nSPS) is 14.8. The van der Waals surface area contributed by atoms with Gasteiger partial charge < -0.3 is 9.63 Å². The summed E-state index contributed by atoms with van der Waals surface area (Å²) in [6.07, 6.45) is 2.41. The molecule has 106 valence electrons. The number of aliphatic carboxylic acids is 1. The van der Waals surface area contributed by atoms with Gasteiger partial charge in [-0.15, -0.1) is 11.3 Å². The lowest BCUT2D eigenvalue weighted by atomic mass is 10.3. The third-order valence-electron chi connectivity index (χ3n) is 3.28. The molecule has 1 fully saturated rings. The molecule has 5 nitrogen and oxygen atoms in total. The van der Waals surface area contributed by atoms with E-state index in [0.29, 0.717) is 12.5 Å². The van der Waals surface area contributed by atoms with Crippen molar-refractivity contribution in [1.82, 2.24) is 10.1 Å². The molecule has 0 unspecified atom stereocenters. The minimum absolute atomic E-state index is 0.0533. The highest BCUT2D eigenvalue weighted by molar-refractivity contribution is 7.13. The van der Waals surface area contributed by atoms with Crippen LogP contribution in [0.4, 0.5) is 0 Å². The number of carboxylic acids is 1. The van der Waals surface area contributed by atoms with Gasteiger partial charge in [0.05, 0.1) is 17.1 Å². The van der Waals surface area contributed by atoms with Gasteiger partial charge in [0.2, 0.25) is 0 Å². The van der Waals surface area contributed by atoms with E-state index in [4.69, 9.17) is 9.63 Å². The van der Waals surface area contributed by atoms with Gasteiger partial charge >= 0.3 is 5.97 Å². The van der Waals surface area contributed by atoms with E-state index < -0.39 is 5.97 Å². The highest BCUT2D eigenvalue weighted by Crippen LogP contribution is 2.30. The Morgan fingerprint density at radius 3 is 3.05 bits per heavy atom. The lowest BCUT2D eigenvalue weighted by Crippen LogP contribution is -2.31. The van der Waals surface area contributed by atoms with Crippen molar-refractivity contribution in [2.45, 2.75) is 19.4 Å². The predicted octanol–water partition coefficient (Wildman–Crippen LogP) is 2.70. The second-order valence-electron chi connectivity index (χ2n) is 5.17. The van der Waals surface area contributed by atoms with E-state index >= 15 is 0 Å². The number of rotatable bonds is 7. The van der Waals surface area contributed by atoms with E-state index in [1.54, 1.807) is 11.3 Å². The van der Waals surface area contributed by atoms with Crippen LogP contribution in [0.5, 0.6) is 0 Å². The van der Waals surface area contributed by atoms with Gasteiger partial charge in [0.15, 0.2) is 5.76 Å². The van der Waals surface area contributed by atoms with Crippen molar-refractivity contribution >= 4 is 17.3 Å². The molecule has 1 saturated carbocycles. The molecule has 1 aliphatic rings. The summed E-state index contributed by atoms with van der Waals surface area (Å²) in [7, 11) is 0. The van der Waals surface area contributed by atoms with Gasteiger partial charge in [-0.2, -0.15) is 0 Å². The molecule has 1 aliphatic carbocycles. The number of carboxylic acid groups (broad SMARTS) is 1. The summed E-state index contributed by atoms with van der Waals surface area (Å²) in [5.74, 6) is 0.599. The maximum Gasteiger partial charge on any atom is 0.317 e. The molecule has 0 saturated heterocycles. The van der Waals surface area contributed by atoms with E-state index in [2.05, 4.69) is 5.16 Å². The van der Waals surface area contributed by atoms with Crippen LogP contribution >= 0.6 is 11.3 Å². The quantitative estimate of drug-likeness (QED) is 0.850. The van der Waals surface area contributed by atoms with Crippen LogP contribution in [0.15, 0.2) is 28.1 Å². The van der Waals surface area contributed by atoms with Crippen molar-refractivity contribution in [2.75, 3.05) is 13.1 Å². The molecule has 3 rings (SSSR count). The molecule has 0 aromatic carbocycles. The van der Waals surface area contributed by atoms with Crippen LogP contribution in [-0.2, 0) is 11.3 Å². The summed E-state index contributed by atoms with van der Waals surface area (Å²) in [4.78, 5) is 13.9. The molecule has 0 bridgehead atoms. The topological polar surface area (TPSA) is 66.6 Å². The number of thiophene rings is 1. The van der Waals surface area contributed by atoms with Gasteiger partial charge in [0.25, 0.3) is 0 Å². The molecule has 2 aromatic rings. The summed E-state index contributed by atoms with van der Waals surface area (Å²) in [5, 5.41) is 15.0. The number of aromatic nitrogens is 1. The van der Waals surface area contributed by atoms with Gasteiger partial charge in [-0.1, -0.05) is 11.2 Å². The third kappa shape index (κ3) is 3.46. The fourth-order valence-corrected chi connectivity index (χ4v) is 2.87. The molecule has 0 aliphatic heterocycles. The van der Waals surface area contributed by atoms with Crippen LogP contribution in [-0.4, -0.2) is 34.2 Å². The molecule has 0 spiro atoms. The number of hydrogen-bond acceptors (Lipinski definition) is 5.